The van der Waals surface area contributed by atoms with Gasteiger partial charge in [0.05, 0.1) is 38.3 Å². The summed E-state index contributed by atoms with van der Waals surface area (Å²) in [6, 6.07) is 16.4. The second kappa shape index (κ2) is 21.6. The number of anilines is 1. The molecule has 17 heteroatoms. The number of aliphatic hydroxyl groups is 1. The molecule has 6 rings (SSSR count). The van der Waals surface area contributed by atoms with Gasteiger partial charge in [0.15, 0.2) is 0 Å². The number of hydrogen-bond acceptors (Lipinski definition) is 12. The Morgan fingerprint density at radius 1 is 1.01 bits per heavy atom. The van der Waals surface area contributed by atoms with Crippen molar-refractivity contribution in [1.82, 2.24) is 30.8 Å². The van der Waals surface area contributed by atoms with E-state index in [0.29, 0.717) is 47.3 Å². The zero-order valence-electron chi connectivity index (χ0n) is 39.6. The molecule has 0 bridgehead atoms. The number of carbonyl (C=O) groups is 4. The van der Waals surface area contributed by atoms with Crippen LogP contribution in [0.25, 0.3) is 10.4 Å². The number of likely N-dealkylation sites (tertiary alicyclic amines) is 1. The number of carbonyl (C=O) groups excluding carboxylic acids is 4. The Morgan fingerprint density at radius 2 is 1.75 bits per heavy atom. The van der Waals surface area contributed by atoms with Crippen molar-refractivity contribution >= 4 is 52.4 Å². The molecule has 3 heterocycles. The summed E-state index contributed by atoms with van der Waals surface area (Å²) in [5.74, 6) is -0.259. The standard InChI is InChI=1S/C50H63ClN8O7S/c1-30-41(67-29-56-30)32-14-12-31(13-15-32)25-55-44(63)38-22-35(60)27-59(38)45(64)42(48(2,3)4)57-40(61)28-65-21-11-9-10-20-53-39-19-17-34(26-54-39)43(62)58-46-49(5,6)47(50(46,7)8)66-36-18-16-33(24-52)37(51)23-36/h12-19,23,26,29,35,38,42,46-47,60H,9-11,20-22,25,27-28H2,1-8H3,(H,53,54)(H,55,63)(H,57,61)(H,58,62)/t35-,38+,42?,46?,47?/m1/s1. The third-order valence-electron chi connectivity index (χ3n) is 12.7. The highest BCUT2D eigenvalue weighted by Gasteiger charge is 2.64. The fraction of sp³-hybridized carbons (Fsp3) is 0.500. The fourth-order valence-corrected chi connectivity index (χ4v) is 10.3. The lowest BCUT2D eigenvalue weighted by Crippen LogP contribution is -2.74. The molecule has 358 valence electrons. The predicted octanol–water partition coefficient (Wildman–Crippen LogP) is 7.06. The van der Waals surface area contributed by atoms with Crippen LogP contribution in [0.3, 0.4) is 0 Å². The van der Waals surface area contributed by atoms with Gasteiger partial charge < -0.3 is 40.7 Å². The number of halogens is 1. The molecule has 1 saturated carbocycles. The largest absolute Gasteiger partial charge is 0.489 e. The molecule has 2 aromatic carbocycles. The van der Waals surface area contributed by atoms with E-state index in [4.69, 9.17) is 21.1 Å². The van der Waals surface area contributed by atoms with Crippen LogP contribution in [0.4, 0.5) is 5.82 Å². The number of aliphatic hydroxyl groups excluding tert-OH is 1. The highest BCUT2D eigenvalue weighted by molar-refractivity contribution is 7.13. The van der Waals surface area contributed by atoms with Crippen molar-refractivity contribution in [2.24, 2.45) is 16.2 Å². The number of hydrogen-bond donors (Lipinski definition) is 5. The first kappa shape index (κ1) is 50.8. The molecule has 3 atom stereocenters. The zero-order valence-corrected chi connectivity index (χ0v) is 41.1. The summed E-state index contributed by atoms with van der Waals surface area (Å²) in [7, 11) is 0. The first-order chi connectivity index (χ1) is 31.7. The molecule has 2 aromatic heterocycles. The lowest BCUT2D eigenvalue weighted by Gasteiger charge is -2.63. The minimum Gasteiger partial charge on any atom is -0.489 e. The first-order valence-electron chi connectivity index (χ1n) is 22.7. The van der Waals surface area contributed by atoms with Gasteiger partial charge >= 0.3 is 0 Å². The van der Waals surface area contributed by atoms with Crippen molar-refractivity contribution < 1.29 is 33.8 Å². The van der Waals surface area contributed by atoms with Crippen molar-refractivity contribution in [3.63, 3.8) is 0 Å². The number of nitrogens with one attached hydrogen (secondary N) is 4. The maximum absolute atomic E-state index is 14.0. The lowest BCUT2D eigenvalue weighted by molar-refractivity contribution is -0.164. The molecule has 1 unspecified atom stereocenters. The number of β-amino-alcohol motifs (C(OH)–C–C–N with tert-alkyl or cyclic N) is 1. The van der Waals surface area contributed by atoms with E-state index in [9.17, 15) is 29.5 Å². The van der Waals surface area contributed by atoms with Crippen molar-refractivity contribution in [2.75, 3.05) is 31.6 Å². The molecular weight excluding hydrogens is 892 g/mol. The minimum atomic E-state index is -0.951. The fourth-order valence-electron chi connectivity index (χ4n) is 9.31. The highest BCUT2D eigenvalue weighted by Crippen LogP contribution is 2.55. The molecule has 0 spiro atoms. The van der Waals surface area contributed by atoms with Gasteiger partial charge in [-0.15, -0.1) is 11.3 Å². The number of ether oxygens (including phenoxy) is 2. The maximum atomic E-state index is 14.0. The Hall–Kier alpha value is -5.60. The Balaban J connectivity index is 0.878. The van der Waals surface area contributed by atoms with Gasteiger partial charge in [0, 0.05) is 61.8 Å². The van der Waals surface area contributed by atoms with Crippen LogP contribution in [-0.2, 0) is 25.7 Å². The van der Waals surface area contributed by atoms with E-state index in [-0.39, 0.29) is 50.1 Å². The molecule has 15 nitrogen and oxygen atoms in total. The molecule has 67 heavy (non-hydrogen) atoms. The monoisotopic (exact) mass is 954 g/mol. The molecular formula is C50H63ClN8O7S. The average Bonchev–Trinajstić information content (AvgIpc) is 3.91. The smallest absolute Gasteiger partial charge is 0.253 e. The van der Waals surface area contributed by atoms with Gasteiger partial charge in [-0.05, 0) is 67.0 Å². The molecule has 2 aliphatic rings. The average molecular weight is 956 g/mol. The normalized spacial score (nSPS) is 19.9. The third kappa shape index (κ3) is 12.3. The second-order valence-corrected chi connectivity index (χ2v) is 21.0. The van der Waals surface area contributed by atoms with E-state index < -0.39 is 46.2 Å². The number of nitrogens with zero attached hydrogens (tertiary/aromatic N) is 4. The van der Waals surface area contributed by atoms with Gasteiger partial charge in [-0.1, -0.05) is 84.3 Å². The van der Waals surface area contributed by atoms with Crippen LogP contribution in [0.1, 0.15) is 101 Å². The van der Waals surface area contributed by atoms with Crippen LogP contribution in [0.15, 0.2) is 66.3 Å². The summed E-state index contributed by atoms with van der Waals surface area (Å²) in [6.07, 6.45) is 2.92. The van der Waals surface area contributed by atoms with Crippen LogP contribution in [0, 0.1) is 34.5 Å². The number of rotatable bonds is 19. The van der Waals surface area contributed by atoms with Crippen molar-refractivity contribution in [3.05, 3.63) is 93.7 Å². The summed E-state index contributed by atoms with van der Waals surface area (Å²) in [4.78, 5) is 65.0. The topological polar surface area (TPSA) is 208 Å². The molecule has 1 aliphatic heterocycles. The highest BCUT2D eigenvalue weighted by atomic mass is 35.5. The summed E-state index contributed by atoms with van der Waals surface area (Å²) < 4.78 is 12.0. The maximum Gasteiger partial charge on any atom is 0.253 e. The number of nitriles is 1. The van der Waals surface area contributed by atoms with E-state index in [0.717, 1.165) is 34.5 Å². The molecule has 4 amide bonds. The van der Waals surface area contributed by atoms with Gasteiger partial charge in [0.1, 0.15) is 42.4 Å². The van der Waals surface area contributed by atoms with Crippen molar-refractivity contribution in [1.29, 1.82) is 5.26 Å². The quantitative estimate of drug-likeness (QED) is 0.0602. The van der Waals surface area contributed by atoms with E-state index in [1.165, 1.54) is 4.90 Å². The third-order valence-corrected chi connectivity index (χ3v) is 14.0. The van der Waals surface area contributed by atoms with Crippen LogP contribution < -0.4 is 26.0 Å². The Labute approximate surface area is 402 Å². The van der Waals surface area contributed by atoms with Crippen LogP contribution in [0.5, 0.6) is 5.75 Å². The summed E-state index contributed by atoms with van der Waals surface area (Å²) in [5, 5.41) is 32.3. The number of aryl methyl sites for hydroxylation is 1. The first-order valence-corrected chi connectivity index (χ1v) is 24.0. The number of pyridine rings is 1. The molecule has 0 radical (unpaired) electrons. The van der Waals surface area contributed by atoms with E-state index in [1.807, 2.05) is 57.5 Å². The lowest BCUT2D eigenvalue weighted by atomic mass is 9.49. The minimum absolute atomic E-state index is 0.0118. The number of amides is 4. The van der Waals surface area contributed by atoms with E-state index in [2.05, 4.69) is 65.0 Å². The zero-order chi connectivity index (χ0) is 48.7. The predicted molar refractivity (Wildman–Crippen MR) is 258 cm³/mol. The Kier molecular flexibility index (Phi) is 16.4. The summed E-state index contributed by atoms with van der Waals surface area (Å²) in [6.45, 7) is 16.7. The molecule has 2 fully saturated rings. The van der Waals surface area contributed by atoms with Gasteiger partial charge in [0.2, 0.25) is 17.7 Å². The molecule has 1 aliphatic carbocycles. The van der Waals surface area contributed by atoms with Crippen molar-refractivity contribution in [2.45, 2.75) is 118 Å². The van der Waals surface area contributed by atoms with E-state index in [1.54, 1.807) is 47.9 Å². The molecule has 4 aromatic rings. The Bertz CT molecular complexity index is 2410. The summed E-state index contributed by atoms with van der Waals surface area (Å²) in [5.41, 5.74) is 4.06. The van der Waals surface area contributed by atoms with Gasteiger partial charge in [0.25, 0.3) is 5.91 Å². The van der Waals surface area contributed by atoms with Crippen LogP contribution in [0.2, 0.25) is 5.02 Å². The number of unbranched alkanes of at least 4 members (excludes halogenated alkanes) is 2. The number of benzene rings is 2. The van der Waals surface area contributed by atoms with Crippen LogP contribution >= 0.6 is 22.9 Å². The van der Waals surface area contributed by atoms with Crippen LogP contribution in [-0.4, -0.2) is 100 Å². The Morgan fingerprint density at radius 3 is 2.37 bits per heavy atom. The number of aromatic nitrogens is 2. The molecule has 1 saturated heterocycles. The van der Waals surface area contributed by atoms with Gasteiger partial charge in [-0.2, -0.15) is 5.26 Å². The van der Waals surface area contributed by atoms with Gasteiger partial charge in [-0.3, -0.25) is 19.2 Å². The van der Waals surface area contributed by atoms with Crippen molar-refractivity contribution in [3.8, 4) is 22.3 Å². The number of thiazole rings is 1. The molecule has 5 N–H and O–H groups in total. The SMILES string of the molecule is Cc1ncsc1-c1ccc(CNC(=O)[C@@H]2C[C@@H](O)CN2C(=O)C(NC(=O)COCCCCCNc2ccc(C(=O)NC3C(C)(C)C(Oc4ccc(C#N)c(Cl)c4)C3(C)C)cn2)C(C)(C)C)cc1. The van der Waals surface area contributed by atoms with Gasteiger partial charge in [-0.25, -0.2) is 9.97 Å². The summed E-state index contributed by atoms with van der Waals surface area (Å²) >= 11 is 7.80. The second-order valence-electron chi connectivity index (χ2n) is 19.7. The van der Waals surface area contributed by atoms with E-state index >= 15 is 0 Å².